The number of rotatable bonds is 6. The average Bonchev–Trinajstić information content (AvgIpc) is 3.38. The van der Waals surface area contributed by atoms with Crippen LogP contribution in [0.25, 0.3) is 4.85 Å². The monoisotopic (exact) mass is 1030 g/mol. The normalized spacial score (nSPS) is 9.08. The molecule has 0 aliphatic heterocycles. The van der Waals surface area contributed by atoms with Gasteiger partial charge in [0, 0.05) is 12.0 Å². The predicted octanol–water partition coefficient (Wildman–Crippen LogP) is 21.8. The zero-order chi connectivity index (χ0) is 59.6. The summed E-state index contributed by atoms with van der Waals surface area (Å²) in [5, 5.41) is 15.8. The fraction of sp³-hybridized carbons (Fsp3) is 0.471. The van der Waals surface area contributed by atoms with Crippen LogP contribution < -0.4 is 0 Å². The number of hydrogen-bond acceptors (Lipinski definition) is 3. The van der Waals surface area contributed by atoms with E-state index in [1.54, 1.807) is 0 Å². The maximum absolute atomic E-state index is 8.81. The van der Waals surface area contributed by atoms with E-state index in [-0.39, 0.29) is 0 Å². The predicted molar refractivity (Wildman–Crippen MR) is 339 cm³/mol. The molecule has 1 N–H and O–H groups in total. The van der Waals surface area contributed by atoms with Crippen LogP contribution in [-0.4, -0.2) is 31.2 Å². The highest BCUT2D eigenvalue weighted by atomic mass is 16.6. The Balaban J connectivity index is -0.000000181. The first-order chi connectivity index (χ1) is 35.4. The summed E-state index contributed by atoms with van der Waals surface area (Å²) >= 11 is 0. The molecule has 75 heavy (non-hydrogen) atoms. The van der Waals surface area contributed by atoms with Gasteiger partial charge in [0.25, 0.3) is 0 Å². The molecule has 0 saturated carbocycles. The summed E-state index contributed by atoms with van der Waals surface area (Å²) in [4.78, 5) is 11.1. The molecule has 5 nitrogen and oxygen atoms in total. The summed E-state index contributed by atoms with van der Waals surface area (Å²) in [5.74, 6) is 3.92. The van der Waals surface area contributed by atoms with Gasteiger partial charge in [-0.1, -0.05) is 270 Å². The Morgan fingerprint density at radius 3 is 0.480 bits per heavy atom. The second-order valence-electron chi connectivity index (χ2n) is 18.7. The van der Waals surface area contributed by atoms with E-state index in [9.17, 15) is 0 Å². The number of nitro groups is 1. The van der Waals surface area contributed by atoms with Gasteiger partial charge in [-0.05, 0) is 144 Å². The molecular weight excluding hydrogens is 917 g/mol. The van der Waals surface area contributed by atoms with E-state index in [1.807, 2.05) is 41.5 Å². The van der Waals surface area contributed by atoms with Gasteiger partial charge >= 0.3 is 0 Å². The van der Waals surface area contributed by atoms with Crippen molar-refractivity contribution in [2.75, 3.05) is 21.2 Å². The molecular formula is C70H112N2O3. The Morgan fingerprint density at radius 2 is 0.427 bits per heavy atom. The lowest BCUT2D eigenvalue weighted by atomic mass is 9.99. The lowest BCUT2D eigenvalue weighted by molar-refractivity contribution is -0.445. The van der Waals surface area contributed by atoms with E-state index in [0.717, 1.165) is 14.2 Å². The number of nitrogens with zero attached hydrogens (tertiary/aromatic N) is 2. The van der Waals surface area contributed by atoms with Crippen LogP contribution in [-0.2, 0) is 0 Å². The van der Waals surface area contributed by atoms with Gasteiger partial charge in [0.2, 0.25) is 7.05 Å². The van der Waals surface area contributed by atoms with Crippen LogP contribution in [0.2, 0.25) is 0 Å². The van der Waals surface area contributed by atoms with E-state index in [4.69, 9.17) is 21.8 Å². The molecule has 6 aromatic carbocycles. The molecule has 0 unspecified atom stereocenters. The maximum atomic E-state index is 8.81. The van der Waals surface area contributed by atoms with Crippen LogP contribution >= 0.6 is 0 Å². The number of hydrogen-bond donors (Lipinski definition) is 1. The van der Waals surface area contributed by atoms with Crippen LogP contribution in [0, 0.1) is 58.2 Å². The van der Waals surface area contributed by atoms with Gasteiger partial charge in [-0.2, -0.15) is 0 Å². The molecule has 0 bridgehead atoms. The molecule has 0 atom stereocenters. The maximum Gasteiger partial charge on any atom is 0.205 e. The number of aryl methyl sites for hydroxylation is 6. The van der Waals surface area contributed by atoms with Crippen molar-refractivity contribution in [3.63, 3.8) is 0 Å². The summed E-state index contributed by atoms with van der Waals surface area (Å²) in [6.45, 7) is 57.5. The summed E-state index contributed by atoms with van der Waals surface area (Å²) in [7, 11) is 3.31. The summed E-state index contributed by atoms with van der Waals surface area (Å²) < 4.78 is 0. The molecule has 0 heterocycles. The summed E-state index contributed by atoms with van der Waals surface area (Å²) in [5.41, 5.74) is 17.2. The van der Waals surface area contributed by atoms with Crippen molar-refractivity contribution in [1.29, 1.82) is 0 Å². The van der Waals surface area contributed by atoms with Crippen LogP contribution in [0.3, 0.4) is 0 Å². The molecule has 0 aromatic heterocycles. The Bertz CT molecular complexity index is 1870. The van der Waals surface area contributed by atoms with Gasteiger partial charge in [0.1, 0.15) is 0 Å². The van der Waals surface area contributed by atoms with Crippen LogP contribution in [0.4, 0.5) is 0 Å². The van der Waals surface area contributed by atoms with Gasteiger partial charge in [-0.25, -0.2) is 6.57 Å². The first-order valence-corrected chi connectivity index (χ1v) is 27.6. The molecule has 6 rings (SSSR count). The Labute approximate surface area is 464 Å². The third-order valence-corrected chi connectivity index (χ3v) is 10.9. The molecule has 6 aromatic rings. The molecule has 0 amide bonds. The van der Waals surface area contributed by atoms with Gasteiger partial charge in [-0.3, -0.25) is 10.1 Å². The minimum absolute atomic E-state index is 0.500. The number of benzene rings is 6. The highest BCUT2D eigenvalue weighted by Gasteiger charge is 2.03. The molecule has 0 aliphatic rings. The van der Waals surface area contributed by atoms with Crippen molar-refractivity contribution in [2.45, 2.75) is 202 Å². The van der Waals surface area contributed by atoms with Crippen LogP contribution in [0.1, 0.15) is 227 Å². The zero-order valence-electron chi connectivity index (χ0n) is 53.0. The number of aliphatic hydroxyl groups excluding tert-OH is 1. The van der Waals surface area contributed by atoms with Gasteiger partial charge in [-0.15, -0.1) is 0 Å². The minimum atomic E-state index is -0.500. The third kappa shape index (κ3) is 42.1. The first-order valence-electron chi connectivity index (χ1n) is 27.6. The topological polar surface area (TPSA) is 67.7 Å². The lowest BCUT2D eigenvalue weighted by Crippen LogP contribution is -1.89. The fourth-order valence-corrected chi connectivity index (χ4v) is 7.41. The van der Waals surface area contributed by atoms with Crippen LogP contribution in [0.15, 0.2) is 146 Å². The third-order valence-electron chi connectivity index (χ3n) is 10.9. The highest BCUT2D eigenvalue weighted by Crippen LogP contribution is 2.21. The largest absolute Gasteiger partial charge is 0.400 e. The number of aliphatic hydroxyl groups is 1. The molecule has 0 saturated heterocycles. The molecule has 0 radical (unpaired) electrons. The van der Waals surface area contributed by atoms with Crippen molar-refractivity contribution in [3.8, 4) is 0 Å². The van der Waals surface area contributed by atoms with Crippen LogP contribution in [0.5, 0.6) is 0 Å². The minimum Gasteiger partial charge on any atom is -0.400 e. The van der Waals surface area contributed by atoms with Crippen molar-refractivity contribution >= 4 is 0 Å². The van der Waals surface area contributed by atoms with E-state index in [0.29, 0.717) is 35.5 Å². The quantitative estimate of drug-likeness (QED) is 0.103. The molecule has 0 spiro atoms. The Hall–Kier alpha value is -5.83. The molecule has 0 aliphatic carbocycles. The van der Waals surface area contributed by atoms with Crippen molar-refractivity contribution in [1.82, 2.24) is 0 Å². The first kappa shape index (κ1) is 80.6. The van der Waals surface area contributed by atoms with Crippen molar-refractivity contribution in [3.05, 3.63) is 234 Å². The Morgan fingerprint density at radius 1 is 0.347 bits per heavy atom. The fourth-order valence-electron chi connectivity index (χ4n) is 7.41. The summed E-state index contributed by atoms with van der Waals surface area (Å²) in [6, 6.07) is 51.2. The zero-order valence-corrected chi connectivity index (χ0v) is 53.0. The molecule has 420 valence electrons. The van der Waals surface area contributed by atoms with E-state index >= 15 is 0 Å². The summed E-state index contributed by atoms with van der Waals surface area (Å²) in [6.07, 6.45) is 0. The standard InChI is InChI=1S/6C10H14.C2H3N.3C2H6.CH3NO2.CH4O/c6*1-8(2)10-7-5-4-6-9(10)3;1-3-2;3*1-2;1-2(3)4;1-2/h6*4-8H,1-3H3;1H3;3*1-2H3;1H3;2H,1H3. The van der Waals surface area contributed by atoms with Gasteiger partial charge in [0.15, 0.2) is 7.05 Å². The second kappa shape index (κ2) is 53.0. The Kier molecular flexibility index (Phi) is 56.9. The van der Waals surface area contributed by atoms with Crippen molar-refractivity contribution < 1.29 is 10.0 Å². The lowest BCUT2D eigenvalue weighted by Gasteiger charge is -2.07. The van der Waals surface area contributed by atoms with E-state index in [1.165, 1.54) is 73.8 Å². The highest BCUT2D eigenvalue weighted by molar-refractivity contribution is 5.31. The van der Waals surface area contributed by atoms with Crippen molar-refractivity contribution in [2.24, 2.45) is 0 Å². The molecule has 5 heteroatoms. The van der Waals surface area contributed by atoms with E-state index in [2.05, 4.69) is 275 Å². The van der Waals surface area contributed by atoms with Gasteiger partial charge < -0.3 is 9.95 Å². The molecule has 0 fully saturated rings. The second-order valence-corrected chi connectivity index (χ2v) is 18.7. The smallest absolute Gasteiger partial charge is 0.205 e. The SMILES string of the molecule is CC.CC.CC.CO.C[N+](=O)[O-].Cc1ccccc1C(C)C.Cc1ccccc1C(C)C.Cc1ccccc1C(C)C.Cc1ccccc1C(C)C.Cc1ccccc1C(C)C.Cc1ccccc1C(C)C.[C-]#[N+]C. The van der Waals surface area contributed by atoms with Gasteiger partial charge in [0.05, 0.1) is 0 Å². The average molecular weight is 1030 g/mol. The van der Waals surface area contributed by atoms with E-state index < -0.39 is 4.92 Å².